The summed E-state index contributed by atoms with van der Waals surface area (Å²) < 4.78 is 6.34. The number of fused-ring (bicyclic) bond motifs is 5. The summed E-state index contributed by atoms with van der Waals surface area (Å²) in [5.74, 6) is -2.65. The molecule has 1 aliphatic heterocycles. The molecule has 0 saturated carbocycles. The summed E-state index contributed by atoms with van der Waals surface area (Å²) in [7, 11) is 0. The molecule has 1 amide bonds. The number of ether oxygens (including phenoxy) is 1. The van der Waals surface area contributed by atoms with Crippen LogP contribution in [-0.2, 0) is 11.3 Å². The van der Waals surface area contributed by atoms with E-state index in [1.807, 2.05) is 0 Å². The molecule has 0 spiro atoms. The molecule has 0 radical (unpaired) electrons. The fourth-order valence-corrected chi connectivity index (χ4v) is 3.84. The van der Waals surface area contributed by atoms with E-state index < -0.39 is 23.2 Å². The van der Waals surface area contributed by atoms with Gasteiger partial charge in [0.25, 0.3) is 5.79 Å². The number of carboxylic acid groups (broad SMARTS) is 1. The van der Waals surface area contributed by atoms with Gasteiger partial charge in [0.1, 0.15) is 5.75 Å². The highest BCUT2D eigenvalue weighted by atomic mass is 79.9. The minimum atomic E-state index is -2.21. The number of nitrogens with two attached hydrogens (primary N) is 1. The maximum absolute atomic E-state index is 13.2. The summed E-state index contributed by atoms with van der Waals surface area (Å²) in [5.41, 5.74) is 4.45. The minimum absolute atomic E-state index is 0.0577. The number of nitrogen functional groups attached to an aromatic ring is 1. The summed E-state index contributed by atoms with van der Waals surface area (Å²) in [4.78, 5) is 24.6. The van der Waals surface area contributed by atoms with Gasteiger partial charge in [-0.05, 0) is 18.2 Å². The zero-order valence-corrected chi connectivity index (χ0v) is 13.6. The first-order valence-corrected chi connectivity index (χ1v) is 7.77. The van der Waals surface area contributed by atoms with Crippen LogP contribution in [0.2, 0.25) is 0 Å². The van der Waals surface area contributed by atoms with Crippen LogP contribution in [0.3, 0.4) is 0 Å². The Morgan fingerprint density at radius 1 is 1.25 bits per heavy atom. The fraction of sp³-hybridized carbons (Fsp3) is 0.125. The van der Waals surface area contributed by atoms with E-state index in [-0.39, 0.29) is 28.1 Å². The van der Waals surface area contributed by atoms with Crippen molar-refractivity contribution in [2.75, 3.05) is 5.73 Å². The van der Waals surface area contributed by atoms with Gasteiger partial charge in [-0.3, -0.25) is 10.1 Å². The quantitative estimate of drug-likeness (QED) is 0.551. The second kappa shape index (κ2) is 4.49. The number of carbonyl (C=O) groups is 2. The molecule has 5 N–H and O–H groups in total. The lowest BCUT2D eigenvalue weighted by Gasteiger charge is -2.33. The molecule has 0 aromatic heterocycles. The van der Waals surface area contributed by atoms with E-state index in [9.17, 15) is 19.8 Å². The predicted octanol–water partition coefficient (Wildman–Crippen LogP) is 1.93. The number of Topliss-reactive ketones (excluding diaryl/α,β-unsaturated/α-hetero) is 1. The fourth-order valence-electron chi connectivity index (χ4n) is 3.50. The lowest BCUT2D eigenvalue weighted by Crippen LogP contribution is -2.59. The van der Waals surface area contributed by atoms with Crippen molar-refractivity contribution in [3.63, 3.8) is 0 Å². The monoisotopic (exact) mass is 390 g/mol. The average Bonchev–Trinajstić information content (AvgIpc) is 2.84. The number of halogens is 1. The molecule has 2 aliphatic rings. The summed E-state index contributed by atoms with van der Waals surface area (Å²) in [6.07, 6.45) is -1.47. The summed E-state index contributed by atoms with van der Waals surface area (Å²) >= 11 is 3.29. The number of anilines is 1. The van der Waals surface area contributed by atoms with E-state index in [2.05, 4.69) is 21.2 Å². The molecule has 0 fully saturated rings. The van der Waals surface area contributed by atoms with Gasteiger partial charge in [0.2, 0.25) is 11.3 Å². The SMILES string of the molecule is Nc1cccc2c1C(=O)[C@@]1(NC(=O)O)c3ccc(Br)cc3O[C@@]21O. The lowest BCUT2D eigenvalue weighted by molar-refractivity contribution is -0.169. The van der Waals surface area contributed by atoms with Crippen LogP contribution >= 0.6 is 15.9 Å². The van der Waals surface area contributed by atoms with Crippen molar-refractivity contribution >= 4 is 33.5 Å². The van der Waals surface area contributed by atoms with Crippen molar-refractivity contribution < 1.29 is 24.5 Å². The van der Waals surface area contributed by atoms with Gasteiger partial charge >= 0.3 is 6.09 Å². The molecule has 2 aromatic rings. The average molecular weight is 391 g/mol. The highest BCUT2D eigenvalue weighted by molar-refractivity contribution is 9.10. The molecule has 0 saturated heterocycles. The van der Waals surface area contributed by atoms with E-state index in [0.717, 1.165) is 0 Å². The molecule has 2 atom stereocenters. The van der Waals surface area contributed by atoms with Crippen molar-refractivity contribution in [2.45, 2.75) is 11.3 Å². The van der Waals surface area contributed by atoms with Gasteiger partial charge in [-0.1, -0.05) is 34.1 Å². The van der Waals surface area contributed by atoms with Crippen LogP contribution in [0.25, 0.3) is 0 Å². The van der Waals surface area contributed by atoms with Crippen LogP contribution in [0, 0.1) is 0 Å². The largest absolute Gasteiger partial charge is 0.465 e. The number of rotatable bonds is 1. The number of nitrogens with one attached hydrogen (secondary N) is 1. The molecule has 7 nitrogen and oxygen atoms in total. The van der Waals surface area contributed by atoms with Gasteiger partial charge in [0.05, 0.1) is 5.56 Å². The Kier molecular flexibility index (Phi) is 2.80. The Morgan fingerprint density at radius 3 is 2.71 bits per heavy atom. The second-order valence-corrected chi connectivity index (χ2v) is 6.58. The number of hydrogen-bond acceptors (Lipinski definition) is 5. The van der Waals surface area contributed by atoms with E-state index in [1.54, 1.807) is 18.2 Å². The molecule has 4 rings (SSSR count). The maximum atomic E-state index is 13.2. The Balaban J connectivity index is 2.08. The topological polar surface area (TPSA) is 122 Å². The number of carbonyl (C=O) groups excluding carboxylic acids is 1. The van der Waals surface area contributed by atoms with Crippen molar-refractivity contribution in [3.05, 3.63) is 57.6 Å². The third kappa shape index (κ3) is 1.54. The van der Waals surface area contributed by atoms with Gasteiger partial charge in [0, 0.05) is 21.3 Å². The van der Waals surface area contributed by atoms with Crippen molar-refractivity contribution in [2.24, 2.45) is 0 Å². The lowest BCUT2D eigenvalue weighted by atomic mass is 9.83. The first-order valence-electron chi connectivity index (χ1n) is 6.97. The molecular weight excluding hydrogens is 380 g/mol. The van der Waals surface area contributed by atoms with Crippen LogP contribution in [0.5, 0.6) is 5.75 Å². The maximum Gasteiger partial charge on any atom is 0.405 e. The van der Waals surface area contributed by atoms with E-state index in [4.69, 9.17) is 10.5 Å². The van der Waals surface area contributed by atoms with Crippen LogP contribution in [0.15, 0.2) is 40.9 Å². The third-order valence-electron chi connectivity index (χ3n) is 4.44. The van der Waals surface area contributed by atoms with Crippen molar-refractivity contribution in [1.29, 1.82) is 0 Å². The van der Waals surface area contributed by atoms with Crippen LogP contribution in [0.4, 0.5) is 10.5 Å². The highest BCUT2D eigenvalue weighted by Gasteiger charge is 2.72. The smallest absolute Gasteiger partial charge is 0.405 e. The second-order valence-electron chi connectivity index (χ2n) is 5.67. The summed E-state index contributed by atoms with van der Waals surface area (Å²) in [6.45, 7) is 0. The number of amides is 1. The Bertz CT molecular complexity index is 931. The van der Waals surface area contributed by atoms with E-state index >= 15 is 0 Å². The molecule has 8 heteroatoms. The summed E-state index contributed by atoms with van der Waals surface area (Å²) in [5, 5.41) is 22.7. The molecular formula is C16H11BrN2O5. The molecule has 1 heterocycles. The Morgan fingerprint density at radius 2 is 2.00 bits per heavy atom. The number of aliphatic hydroxyl groups is 1. The molecule has 24 heavy (non-hydrogen) atoms. The molecule has 2 aromatic carbocycles. The first kappa shape index (κ1) is 15.0. The van der Waals surface area contributed by atoms with Gasteiger partial charge in [-0.2, -0.15) is 0 Å². The molecule has 122 valence electrons. The zero-order chi connectivity index (χ0) is 17.3. The highest BCUT2D eigenvalue weighted by Crippen LogP contribution is 2.59. The third-order valence-corrected chi connectivity index (χ3v) is 4.93. The van der Waals surface area contributed by atoms with Gasteiger partial charge in [-0.25, -0.2) is 4.79 Å². The van der Waals surface area contributed by atoms with Crippen LogP contribution in [-0.4, -0.2) is 22.1 Å². The van der Waals surface area contributed by atoms with Crippen LogP contribution < -0.4 is 15.8 Å². The predicted molar refractivity (Wildman–Crippen MR) is 86.7 cm³/mol. The first-order chi connectivity index (χ1) is 11.3. The molecule has 1 aliphatic carbocycles. The Hall–Kier alpha value is -2.58. The van der Waals surface area contributed by atoms with Crippen molar-refractivity contribution in [3.8, 4) is 5.75 Å². The normalized spacial score (nSPS) is 26.3. The van der Waals surface area contributed by atoms with E-state index in [1.165, 1.54) is 18.2 Å². The van der Waals surface area contributed by atoms with Crippen molar-refractivity contribution in [1.82, 2.24) is 5.32 Å². The Labute approximate surface area is 144 Å². The molecule has 0 bridgehead atoms. The van der Waals surface area contributed by atoms with Gasteiger partial charge in [0.15, 0.2) is 0 Å². The van der Waals surface area contributed by atoms with Gasteiger partial charge < -0.3 is 20.7 Å². The minimum Gasteiger partial charge on any atom is -0.465 e. The molecule has 0 unspecified atom stereocenters. The summed E-state index contributed by atoms with van der Waals surface area (Å²) in [6, 6.07) is 9.31. The zero-order valence-electron chi connectivity index (χ0n) is 12.0. The van der Waals surface area contributed by atoms with E-state index in [0.29, 0.717) is 4.47 Å². The standard InChI is InChI=1S/C16H11BrN2O5/c17-7-4-5-8-11(6-7)24-16(23)9-2-1-3-10(18)12(9)13(20)15(8,16)19-14(21)22/h1-6,19,23H,18H2,(H,21,22)/t15-,16-/m0/s1. The number of ketones is 1. The van der Waals surface area contributed by atoms with Crippen LogP contribution in [0.1, 0.15) is 21.5 Å². The number of benzene rings is 2. The van der Waals surface area contributed by atoms with Gasteiger partial charge in [-0.15, -0.1) is 0 Å². The number of hydrogen-bond donors (Lipinski definition) is 4.